The van der Waals surface area contributed by atoms with Crippen LogP contribution in [0.2, 0.25) is 0 Å². The number of ether oxygens (including phenoxy) is 2. The topological polar surface area (TPSA) is 110 Å². The molecular weight excluding hydrogens is 455 g/mol. The summed E-state index contributed by atoms with van der Waals surface area (Å²) in [4.78, 5) is 24.8. The van der Waals surface area contributed by atoms with Crippen LogP contribution < -0.4 is 0 Å². The zero-order valence-electron chi connectivity index (χ0n) is 16.3. The smallest absolute Gasteiger partial charge is 0.432 e. The maximum Gasteiger partial charge on any atom is 0.432 e. The first-order chi connectivity index (χ1) is 13.9. The average Bonchev–Trinajstić information content (AvgIpc) is 2.55. The molecule has 0 aliphatic heterocycles. The molecule has 3 unspecified atom stereocenters. The summed E-state index contributed by atoms with van der Waals surface area (Å²) >= 11 is 0. The molecule has 4 bridgehead atoms. The minimum Gasteiger partial charge on any atom is -0.743 e. The van der Waals surface area contributed by atoms with Gasteiger partial charge in [-0.15, -0.1) is 0 Å². The lowest BCUT2D eigenvalue weighted by Gasteiger charge is -2.59. The van der Waals surface area contributed by atoms with Crippen LogP contribution in [0.4, 0.5) is 22.0 Å². The van der Waals surface area contributed by atoms with Crippen molar-refractivity contribution in [1.29, 1.82) is 0 Å². The number of hydrogen-bond donors (Lipinski definition) is 0. The van der Waals surface area contributed by atoms with Crippen LogP contribution in [0.15, 0.2) is 12.2 Å². The Bertz CT molecular complexity index is 897. The van der Waals surface area contributed by atoms with Crippen LogP contribution in [0.5, 0.6) is 0 Å². The second kappa shape index (κ2) is 7.12. The summed E-state index contributed by atoms with van der Waals surface area (Å²) in [5.41, 5.74) is -2.77. The van der Waals surface area contributed by atoms with Gasteiger partial charge in [-0.2, -0.15) is 22.0 Å². The van der Waals surface area contributed by atoms with Crippen molar-refractivity contribution in [3.63, 3.8) is 0 Å². The van der Waals surface area contributed by atoms with Gasteiger partial charge in [-0.3, -0.25) is 4.79 Å². The van der Waals surface area contributed by atoms with Gasteiger partial charge >= 0.3 is 23.4 Å². The predicted octanol–water partition coefficient (Wildman–Crippen LogP) is 3.06. The minimum atomic E-state index is -6.78. The fourth-order valence-corrected chi connectivity index (χ4v) is 5.95. The maximum absolute atomic E-state index is 13.8. The Hall–Kier alpha value is -1.76. The van der Waals surface area contributed by atoms with E-state index in [9.17, 15) is 44.5 Å². The first-order valence-corrected chi connectivity index (χ1v) is 10.8. The Labute approximate surface area is 174 Å². The van der Waals surface area contributed by atoms with E-state index in [0.29, 0.717) is 19.3 Å². The second-order valence-electron chi connectivity index (χ2n) is 8.94. The molecule has 0 saturated heterocycles. The van der Waals surface area contributed by atoms with Gasteiger partial charge in [0.15, 0.2) is 10.1 Å². The molecule has 4 aliphatic rings. The number of hydrogen-bond acceptors (Lipinski definition) is 7. The van der Waals surface area contributed by atoms with Crippen molar-refractivity contribution in [2.24, 2.45) is 17.3 Å². The van der Waals surface area contributed by atoms with Crippen LogP contribution in [-0.2, 0) is 29.2 Å². The number of alkyl halides is 5. The largest absolute Gasteiger partial charge is 0.743 e. The van der Waals surface area contributed by atoms with Crippen LogP contribution >= 0.6 is 0 Å². The summed E-state index contributed by atoms with van der Waals surface area (Å²) in [7, 11) is -6.78. The quantitative estimate of drug-likeness (QED) is 0.251. The molecule has 0 N–H and O–H groups in total. The van der Waals surface area contributed by atoms with E-state index in [2.05, 4.69) is 11.3 Å². The molecule has 4 rings (SSSR count). The molecule has 0 aromatic carbocycles. The highest BCUT2D eigenvalue weighted by molar-refractivity contribution is 7.86. The van der Waals surface area contributed by atoms with E-state index in [0.717, 1.165) is 0 Å². The summed E-state index contributed by atoms with van der Waals surface area (Å²) in [6.07, 6.45) is -9.33. The molecule has 176 valence electrons. The highest BCUT2D eigenvalue weighted by Crippen LogP contribution is 2.63. The lowest BCUT2D eigenvalue weighted by Crippen LogP contribution is -2.61. The molecule has 0 aromatic heterocycles. The van der Waals surface area contributed by atoms with Gasteiger partial charge in [0.2, 0.25) is 0 Å². The Kier molecular flexibility index (Phi) is 5.49. The van der Waals surface area contributed by atoms with Gasteiger partial charge in [-0.05, 0) is 50.9 Å². The Morgan fingerprint density at radius 2 is 1.61 bits per heavy atom. The Morgan fingerprint density at radius 3 is 2.03 bits per heavy atom. The number of carbonyl (C=O) groups excluding carboxylic acids is 2. The van der Waals surface area contributed by atoms with Crippen molar-refractivity contribution in [3.8, 4) is 0 Å². The van der Waals surface area contributed by atoms with Crippen LogP contribution in [0, 0.1) is 17.3 Å². The van der Waals surface area contributed by atoms with Gasteiger partial charge in [0.05, 0.1) is 5.41 Å². The third kappa shape index (κ3) is 4.18. The molecule has 3 atom stereocenters. The second-order valence-corrected chi connectivity index (χ2v) is 10.4. The molecule has 4 fully saturated rings. The molecule has 0 radical (unpaired) electrons. The van der Waals surface area contributed by atoms with E-state index in [1.54, 1.807) is 0 Å². The van der Waals surface area contributed by atoms with Crippen LogP contribution in [-0.4, -0.2) is 48.0 Å². The summed E-state index contributed by atoms with van der Waals surface area (Å²) in [6, 6.07) is 0. The predicted molar refractivity (Wildman–Crippen MR) is 91.3 cm³/mol. The fraction of sp³-hybridized carbons (Fsp3) is 0.778. The number of esters is 2. The average molecular weight is 475 g/mol. The molecule has 0 heterocycles. The van der Waals surface area contributed by atoms with E-state index < -0.39 is 50.6 Å². The zero-order chi connectivity index (χ0) is 23.6. The summed E-state index contributed by atoms with van der Waals surface area (Å²) in [5.74, 6) is -2.87. The van der Waals surface area contributed by atoms with Gasteiger partial charge in [-0.1, -0.05) is 6.58 Å². The normalized spacial score (nSPS) is 33.6. The molecule has 13 heteroatoms. The third-order valence-electron chi connectivity index (χ3n) is 6.26. The first kappa shape index (κ1) is 23.9. The number of carbonyl (C=O) groups is 2. The van der Waals surface area contributed by atoms with E-state index >= 15 is 0 Å². The SMILES string of the molecule is C=C(C)C(=O)OC12CC3CC(C1)CC(C(=O)OC(C(F)(F)F)C(F)(F)S(=O)(=O)[O-])(C3)C2. The molecular formula is C18H20F5O7S-. The van der Waals surface area contributed by atoms with Crippen molar-refractivity contribution in [3.05, 3.63) is 12.2 Å². The molecule has 4 aliphatic carbocycles. The lowest BCUT2D eigenvalue weighted by atomic mass is 9.48. The standard InChI is InChI=1S/C18H21F5O7S/c1-9(2)12(24)30-16-6-10-3-11(7-16)5-15(4-10,8-16)14(25)29-13(17(19,20)21)18(22,23)31(26,27)28/h10-11,13H,1,3-8H2,2H3,(H,26,27,28)/p-1. The fourth-order valence-electron chi connectivity index (χ4n) is 5.51. The highest BCUT2D eigenvalue weighted by atomic mass is 32.2. The first-order valence-electron chi connectivity index (χ1n) is 9.41. The van der Waals surface area contributed by atoms with Crippen molar-refractivity contribution in [2.45, 2.75) is 68.6 Å². The third-order valence-corrected chi connectivity index (χ3v) is 7.14. The van der Waals surface area contributed by atoms with Crippen molar-refractivity contribution < 1.29 is 54.0 Å². The summed E-state index contributed by atoms with van der Waals surface area (Å²) < 4.78 is 109. The van der Waals surface area contributed by atoms with Gasteiger partial charge in [0.1, 0.15) is 5.60 Å². The Balaban J connectivity index is 1.91. The molecule has 7 nitrogen and oxygen atoms in total. The molecule has 31 heavy (non-hydrogen) atoms. The minimum absolute atomic E-state index is 0.0228. The van der Waals surface area contributed by atoms with Crippen molar-refractivity contribution in [2.75, 3.05) is 0 Å². The van der Waals surface area contributed by atoms with Crippen LogP contribution in [0.3, 0.4) is 0 Å². The lowest BCUT2D eigenvalue weighted by molar-refractivity contribution is -0.269. The zero-order valence-corrected chi connectivity index (χ0v) is 17.2. The van der Waals surface area contributed by atoms with Gasteiger partial charge in [-0.25, -0.2) is 13.2 Å². The van der Waals surface area contributed by atoms with Crippen LogP contribution in [0.1, 0.15) is 45.4 Å². The highest BCUT2D eigenvalue weighted by Gasteiger charge is 2.67. The molecule has 0 amide bonds. The van der Waals surface area contributed by atoms with E-state index in [1.807, 2.05) is 0 Å². The number of rotatable bonds is 6. The van der Waals surface area contributed by atoms with E-state index in [-0.39, 0.29) is 36.7 Å². The van der Waals surface area contributed by atoms with Crippen molar-refractivity contribution >= 4 is 22.1 Å². The molecule has 0 spiro atoms. The Morgan fingerprint density at radius 1 is 1.10 bits per heavy atom. The molecule has 0 aromatic rings. The van der Waals surface area contributed by atoms with Crippen LogP contribution in [0.25, 0.3) is 0 Å². The monoisotopic (exact) mass is 475 g/mol. The molecule has 4 saturated carbocycles. The van der Waals surface area contributed by atoms with Gasteiger partial charge in [0.25, 0.3) is 6.10 Å². The van der Waals surface area contributed by atoms with Crippen molar-refractivity contribution in [1.82, 2.24) is 0 Å². The van der Waals surface area contributed by atoms with Gasteiger partial charge in [0, 0.05) is 12.0 Å². The summed E-state index contributed by atoms with van der Waals surface area (Å²) in [6.45, 7) is 4.86. The summed E-state index contributed by atoms with van der Waals surface area (Å²) in [5, 5.41) is -5.91. The number of halogens is 5. The van der Waals surface area contributed by atoms with E-state index in [1.165, 1.54) is 6.92 Å². The van der Waals surface area contributed by atoms with Gasteiger partial charge < -0.3 is 14.0 Å². The maximum atomic E-state index is 13.8. The van der Waals surface area contributed by atoms with E-state index in [4.69, 9.17) is 4.74 Å².